The fraction of sp³-hybridized carbons (Fsp3) is 0.235. The highest BCUT2D eigenvalue weighted by Gasteiger charge is 2.18. The second kappa shape index (κ2) is 7.63. The van der Waals surface area contributed by atoms with Crippen LogP contribution in [0.4, 0.5) is 5.69 Å². The van der Waals surface area contributed by atoms with Gasteiger partial charge in [-0.3, -0.25) is 10.1 Å². The highest BCUT2D eigenvalue weighted by Crippen LogP contribution is 2.26. The van der Waals surface area contributed by atoms with E-state index in [0.29, 0.717) is 10.0 Å². The van der Waals surface area contributed by atoms with Crippen molar-refractivity contribution in [2.24, 2.45) is 0 Å². The van der Waals surface area contributed by atoms with E-state index in [-0.39, 0.29) is 18.0 Å². The molecule has 0 aliphatic carbocycles. The molecule has 5 heteroatoms. The molecule has 0 aliphatic rings. The normalized spacial score (nSPS) is 13.5. The number of nitrogens with one attached hydrogen (secondary N) is 2. The molecule has 3 nitrogen and oxygen atoms in total. The van der Waals surface area contributed by atoms with E-state index >= 15 is 0 Å². The quantitative estimate of drug-likeness (QED) is 0.832. The van der Waals surface area contributed by atoms with Gasteiger partial charge >= 0.3 is 0 Å². The van der Waals surface area contributed by atoms with Crippen LogP contribution in [0.25, 0.3) is 0 Å². The Hall–Kier alpha value is -1.55. The Balaban J connectivity index is 1.98. The number of hydrogen-bond donors (Lipinski definition) is 2. The van der Waals surface area contributed by atoms with Gasteiger partial charge in [0.2, 0.25) is 5.91 Å². The van der Waals surface area contributed by atoms with E-state index < -0.39 is 0 Å². The van der Waals surface area contributed by atoms with Gasteiger partial charge in [-0.25, -0.2) is 0 Å². The van der Waals surface area contributed by atoms with E-state index in [9.17, 15) is 4.79 Å². The van der Waals surface area contributed by atoms with Gasteiger partial charge in [-0.05, 0) is 43.7 Å². The van der Waals surface area contributed by atoms with Crippen LogP contribution in [0.1, 0.15) is 25.5 Å². The van der Waals surface area contributed by atoms with E-state index in [4.69, 9.17) is 23.2 Å². The van der Waals surface area contributed by atoms with Crippen LogP contribution in [0, 0.1) is 0 Å². The first-order chi connectivity index (χ1) is 10.5. The van der Waals surface area contributed by atoms with E-state index in [1.54, 1.807) is 12.1 Å². The van der Waals surface area contributed by atoms with Crippen molar-refractivity contribution in [3.8, 4) is 0 Å². The number of para-hydroxylation sites is 1. The highest BCUT2D eigenvalue weighted by atomic mass is 35.5. The van der Waals surface area contributed by atoms with E-state index in [2.05, 4.69) is 10.6 Å². The number of anilines is 1. The first kappa shape index (κ1) is 16.8. The molecule has 0 heterocycles. The maximum Gasteiger partial charge on any atom is 0.241 e. The SMILES string of the molecule is C[C@H](N[C@@H](C)c1ccc(Cl)cc1Cl)C(=O)Nc1ccccc1. The van der Waals surface area contributed by atoms with Gasteiger partial charge in [-0.15, -0.1) is 0 Å². The minimum absolute atomic E-state index is 0.0682. The van der Waals surface area contributed by atoms with Gasteiger partial charge in [-0.2, -0.15) is 0 Å². The highest BCUT2D eigenvalue weighted by molar-refractivity contribution is 6.35. The first-order valence-electron chi connectivity index (χ1n) is 7.04. The summed E-state index contributed by atoms with van der Waals surface area (Å²) in [6.07, 6.45) is 0. The summed E-state index contributed by atoms with van der Waals surface area (Å²) < 4.78 is 0. The number of carbonyl (C=O) groups is 1. The summed E-state index contributed by atoms with van der Waals surface area (Å²) in [5, 5.41) is 7.28. The van der Waals surface area contributed by atoms with E-state index in [1.807, 2.05) is 50.2 Å². The topological polar surface area (TPSA) is 41.1 Å². The van der Waals surface area contributed by atoms with Crippen molar-refractivity contribution in [3.05, 3.63) is 64.1 Å². The summed E-state index contributed by atoms with van der Waals surface area (Å²) in [5.74, 6) is -0.0943. The molecule has 22 heavy (non-hydrogen) atoms. The van der Waals surface area contributed by atoms with Gasteiger partial charge in [0.25, 0.3) is 0 Å². The predicted octanol–water partition coefficient (Wildman–Crippen LogP) is 4.67. The number of rotatable bonds is 5. The molecule has 116 valence electrons. The Morgan fingerprint density at radius 3 is 2.36 bits per heavy atom. The van der Waals surface area contributed by atoms with Crippen molar-refractivity contribution in [1.82, 2.24) is 5.32 Å². The Labute approximate surface area is 140 Å². The Morgan fingerprint density at radius 2 is 1.73 bits per heavy atom. The zero-order chi connectivity index (χ0) is 16.1. The van der Waals surface area contributed by atoms with Gasteiger partial charge < -0.3 is 5.32 Å². The molecule has 2 atom stereocenters. The molecule has 0 unspecified atom stereocenters. The lowest BCUT2D eigenvalue weighted by Crippen LogP contribution is -2.39. The lowest BCUT2D eigenvalue weighted by molar-refractivity contribution is -0.117. The van der Waals surface area contributed by atoms with Crippen LogP contribution in [0.15, 0.2) is 48.5 Å². The van der Waals surface area contributed by atoms with Crippen LogP contribution >= 0.6 is 23.2 Å². The van der Waals surface area contributed by atoms with Crippen molar-refractivity contribution in [2.75, 3.05) is 5.32 Å². The number of halogens is 2. The summed E-state index contributed by atoms with van der Waals surface area (Å²) in [5.41, 5.74) is 1.68. The molecule has 2 aromatic carbocycles. The summed E-state index contributed by atoms with van der Waals surface area (Å²) in [4.78, 5) is 12.2. The van der Waals surface area contributed by atoms with Gasteiger partial charge in [0.05, 0.1) is 6.04 Å². The van der Waals surface area contributed by atoms with Crippen molar-refractivity contribution >= 4 is 34.8 Å². The number of carbonyl (C=O) groups excluding carboxylic acids is 1. The predicted molar refractivity (Wildman–Crippen MR) is 92.5 cm³/mol. The number of benzene rings is 2. The molecule has 0 radical (unpaired) electrons. The molecule has 0 fully saturated rings. The van der Waals surface area contributed by atoms with Crippen LogP contribution in [0.2, 0.25) is 10.0 Å². The minimum atomic E-state index is -0.359. The second-order valence-corrected chi connectivity index (χ2v) is 5.97. The molecule has 0 saturated heterocycles. The van der Waals surface area contributed by atoms with Crippen LogP contribution in [0.5, 0.6) is 0 Å². The maximum atomic E-state index is 12.2. The molecular weight excluding hydrogens is 319 g/mol. The molecule has 2 rings (SSSR count). The van der Waals surface area contributed by atoms with Crippen molar-refractivity contribution in [1.29, 1.82) is 0 Å². The molecule has 0 bridgehead atoms. The zero-order valence-electron chi connectivity index (χ0n) is 12.4. The summed E-state index contributed by atoms with van der Waals surface area (Å²) >= 11 is 12.1. The average Bonchev–Trinajstić information content (AvgIpc) is 2.47. The minimum Gasteiger partial charge on any atom is -0.325 e. The van der Waals surface area contributed by atoms with Gasteiger partial charge in [0.15, 0.2) is 0 Å². The summed E-state index contributed by atoms with van der Waals surface area (Å²) in [7, 11) is 0. The van der Waals surface area contributed by atoms with Gasteiger partial charge in [-0.1, -0.05) is 47.5 Å². The molecule has 2 N–H and O–H groups in total. The summed E-state index contributed by atoms with van der Waals surface area (Å²) in [6, 6.07) is 14.3. The van der Waals surface area contributed by atoms with Crippen molar-refractivity contribution in [2.45, 2.75) is 25.9 Å². The van der Waals surface area contributed by atoms with Crippen LogP contribution < -0.4 is 10.6 Å². The molecule has 0 saturated carbocycles. The third-order valence-corrected chi connectivity index (χ3v) is 3.93. The number of hydrogen-bond acceptors (Lipinski definition) is 2. The summed E-state index contributed by atoms with van der Waals surface area (Å²) in [6.45, 7) is 3.78. The van der Waals surface area contributed by atoms with Crippen LogP contribution in [-0.4, -0.2) is 11.9 Å². The molecule has 2 aromatic rings. The third-order valence-electron chi connectivity index (χ3n) is 3.36. The fourth-order valence-electron chi connectivity index (χ4n) is 2.17. The van der Waals surface area contributed by atoms with Gasteiger partial charge in [0, 0.05) is 21.8 Å². The monoisotopic (exact) mass is 336 g/mol. The number of amides is 1. The molecule has 0 spiro atoms. The molecular formula is C17H18Cl2N2O. The molecule has 0 aliphatic heterocycles. The Bertz CT molecular complexity index is 646. The van der Waals surface area contributed by atoms with E-state index in [0.717, 1.165) is 11.3 Å². The molecule has 0 aromatic heterocycles. The lowest BCUT2D eigenvalue weighted by atomic mass is 10.1. The lowest BCUT2D eigenvalue weighted by Gasteiger charge is -2.21. The molecule has 1 amide bonds. The maximum absolute atomic E-state index is 12.2. The largest absolute Gasteiger partial charge is 0.325 e. The van der Waals surface area contributed by atoms with Crippen molar-refractivity contribution < 1.29 is 4.79 Å². The smallest absolute Gasteiger partial charge is 0.241 e. The van der Waals surface area contributed by atoms with Crippen LogP contribution in [0.3, 0.4) is 0 Å². The zero-order valence-corrected chi connectivity index (χ0v) is 13.9. The fourth-order valence-corrected chi connectivity index (χ4v) is 2.74. The standard InChI is InChI=1S/C17H18Cl2N2O/c1-11(15-9-8-13(18)10-16(15)19)20-12(2)17(22)21-14-6-4-3-5-7-14/h3-12,20H,1-2H3,(H,21,22)/t11-,12-/m0/s1. The van der Waals surface area contributed by atoms with Crippen molar-refractivity contribution in [3.63, 3.8) is 0 Å². The Morgan fingerprint density at radius 1 is 1.05 bits per heavy atom. The second-order valence-electron chi connectivity index (χ2n) is 5.13. The van der Waals surface area contributed by atoms with Gasteiger partial charge in [0.1, 0.15) is 0 Å². The van der Waals surface area contributed by atoms with E-state index in [1.165, 1.54) is 0 Å². The Kier molecular flexibility index (Phi) is 5.83. The first-order valence-corrected chi connectivity index (χ1v) is 7.80. The average molecular weight is 337 g/mol. The third kappa shape index (κ3) is 4.47. The van der Waals surface area contributed by atoms with Crippen LogP contribution in [-0.2, 0) is 4.79 Å².